The molecule has 9 nitrogen and oxygen atoms in total. The summed E-state index contributed by atoms with van der Waals surface area (Å²) in [6, 6.07) is 2.82. The molecule has 10 heteroatoms. The average Bonchev–Trinajstić information content (AvgIpc) is 2.94. The molecule has 0 spiro atoms. The van der Waals surface area contributed by atoms with Crippen LogP contribution in [0.25, 0.3) is 11.1 Å². The van der Waals surface area contributed by atoms with Crippen LogP contribution in [0.4, 0.5) is 5.82 Å². The van der Waals surface area contributed by atoms with E-state index in [1.54, 1.807) is 0 Å². The minimum atomic E-state index is -1.58. The van der Waals surface area contributed by atoms with Gasteiger partial charge in [0.15, 0.2) is 11.5 Å². The molecule has 0 fully saturated rings. The number of nitrogens with one attached hydrogen (secondary N) is 1. The number of nitrogen functional groups attached to an aromatic ring is 1. The van der Waals surface area contributed by atoms with Crippen molar-refractivity contribution in [2.75, 3.05) is 12.5 Å². The van der Waals surface area contributed by atoms with Crippen molar-refractivity contribution in [1.29, 1.82) is 0 Å². The van der Waals surface area contributed by atoms with Gasteiger partial charge >= 0.3 is 11.9 Å². The number of fused-ring (bicyclic) bond motifs is 1. The third kappa shape index (κ3) is 2.36. The van der Waals surface area contributed by atoms with Gasteiger partial charge in [0.05, 0.1) is 4.47 Å². The smallest absolute Gasteiger partial charge is 0.342 e. The summed E-state index contributed by atoms with van der Waals surface area (Å²) in [6.45, 7) is -0.0352. The van der Waals surface area contributed by atoms with Gasteiger partial charge in [-0.1, -0.05) is 0 Å². The molecule has 0 amide bonds. The van der Waals surface area contributed by atoms with Crippen molar-refractivity contribution in [3.05, 3.63) is 38.1 Å². The number of anilines is 1. The third-order valence-corrected chi connectivity index (χ3v) is 3.98. The Kier molecular flexibility index (Phi) is 3.68. The molecule has 5 N–H and O–H groups in total. The zero-order chi connectivity index (χ0) is 17.6. The fourth-order valence-corrected chi connectivity index (χ4v) is 3.00. The van der Waals surface area contributed by atoms with Crippen molar-refractivity contribution in [2.45, 2.75) is 0 Å². The van der Waals surface area contributed by atoms with Crippen LogP contribution in [0.3, 0.4) is 0 Å². The lowest BCUT2D eigenvalue weighted by molar-refractivity contribution is 0.0695. The minimum Gasteiger partial charge on any atom is -0.478 e. The van der Waals surface area contributed by atoms with Crippen molar-refractivity contribution in [1.82, 2.24) is 4.98 Å². The highest BCUT2D eigenvalue weighted by Gasteiger charge is 2.28. The second-order valence-corrected chi connectivity index (χ2v) is 5.65. The monoisotopic (exact) mass is 396 g/mol. The predicted octanol–water partition coefficient (Wildman–Crippen LogP) is 1.51. The van der Waals surface area contributed by atoms with E-state index in [4.69, 9.17) is 15.2 Å². The summed E-state index contributed by atoms with van der Waals surface area (Å²) in [5.41, 5.74) is 3.16. The highest BCUT2D eigenvalue weighted by Crippen LogP contribution is 2.43. The molecule has 0 atom stereocenters. The Morgan fingerprint density at radius 1 is 1.17 bits per heavy atom. The molecule has 1 aromatic heterocycles. The molecular formula is C14H9BrN2O7. The number of carbonyl (C=O) groups is 2. The average molecular weight is 397 g/mol. The van der Waals surface area contributed by atoms with E-state index in [2.05, 4.69) is 15.9 Å². The summed E-state index contributed by atoms with van der Waals surface area (Å²) in [6.07, 6.45) is 0. The molecule has 0 radical (unpaired) electrons. The Labute approximate surface area is 141 Å². The zero-order valence-electron chi connectivity index (χ0n) is 11.8. The lowest BCUT2D eigenvalue weighted by Gasteiger charge is -2.13. The van der Waals surface area contributed by atoms with Crippen LogP contribution in [-0.4, -0.2) is 33.9 Å². The second-order valence-electron chi connectivity index (χ2n) is 4.79. The SMILES string of the molecule is Nc1[nH]c(=O)c(C(=O)O)c(-c2cc(Br)c3c(c2)OCO3)c1C(=O)O. The van der Waals surface area contributed by atoms with E-state index in [1.165, 1.54) is 12.1 Å². The number of nitrogens with two attached hydrogens (primary N) is 1. The quantitative estimate of drug-likeness (QED) is 0.608. The maximum Gasteiger partial charge on any atom is 0.342 e. The Hall–Kier alpha value is -3.01. The van der Waals surface area contributed by atoms with Gasteiger partial charge in [0, 0.05) is 5.56 Å². The molecule has 1 aromatic carbocycles. The molecular weight excluding hydrogens is 388 g/mol. The number of rotatable bonds is 3. The first-order valence-electron chi connectivity index (χ1n) is 6.43. The minimum absolute atomic E-state index is 0.0352. The van der Waals surface area contributed by atoms with Gasteiger partial charge in [-0.25, -0.2) is 9.59 Å². The summed E-state index contributed by atoms with van der Waals surface area (Å²) in [7, 11) is 0. The van der Waals surface area contributed by atoms with E-state index in [0.717, 1.165) is 0 Å². The molecule has 0 bridgehead atoms. The summed E-state index contributed by atoms with van der Waals surface area (Å²) in [4.78, 5) is 37.1. The Balaban J connectivity index is 2.43. The van der Waals surface area contributed by atoms with Gasteiger partial charge in [-0.3, -0.25) is 4.79 Å². The molecule has 3 rings (SSSR count). The van der Waals surface area contributed by atoms with Gasteiger partial charge in [-0.05, 0) is 33.6 Å². The normalized spacial score (nSPS) is 12.2. The van der Waals surface area contributed by atoms with E-state index >= 15 is 0 Å². The lowest BCUT2D eigenvalue weighted by atomic mass is 9.95. The van der Waals surface area contributed by atoms with Crippen LogP contribution in [0.15, 0.2) is 21.4 Å². The number of H-pyrrole nitrogens is 1. The maximum atomic E-state index is 12.0. The Bertz CT molecular complexity index is 951. The van der Waals surface area contributed by atoms with E-state index < -0.39 is 34.4 Å². The first-order chi connectivity index (χ1) is 11.3. The predicted molar refractivity (Wildman–Crippen MR) is 84.7 cm³/mol. The lowest BCUT2D eigenvalue weighted by Crippen LogP contribution is -2.24. The second kappa shape index (κ2) is 5.57. The van der Waals surface area contributed by atoms with Crippen LogP contribution < -0.4 is 20.8 Å². The van der Waals surface area contributed by atoms with Gasteiger partial charge in [0.25, 0.3) is 5.56 Å². The van der Waals surface area contributed by atoms with Gasteiger partial charge in [0.1, 0.15) is 16.9 Å². The number of aromatic amines is 1. The van der Waals surface area contributed by atoms with Crippen molar-refractivity contribution in [3.8, 4) is 22.6 Å². The summed E-state index contributed by atoms with van der Waals surface area (Å²) < 4.78 is 10.9. The number of benzene rings is 1. The Morgan fingerprint density at radius 2 is 1.83 bits per heavy atom. The summed E-state index contributed by atoms with van der Waals surface area (Å²) in [5, 5.41) is 18.8. The highest BCUT2D eigenvalue weighted by atomic mass is 79.9. The summed E-state index contributed by atoms with van der Waals surface area (Å²) in [5.74, 6) is -2.82. The first-order valence-corrected chi connectivity index (χ1v) is 7.22. The number of hydrogen-bond acceptors (Lipinski definition) is 6. The number of aromatic carboxylic acids is 2. The number of aromatic nitrogens is 1. The van der Waals surface area contributed by atoms with Crippen molar-refractivity contribution < 1.29 is 29.3 Å². The molecule has 0 saturated carbocycles. The zero-order valence-corrected chi connectivity index (χ0v) is 13.3. The molecule has 2 heterocycles. The van der Waals surface area contributed by atoms with Crippen LogP contribution in [0, 0.1) is 0 Å². The molecule has 2 aromatic rings. The third-order valence-electron chi connectivity index (χ3n) is 3.39. The number of carboxylic acids is 2. The van der Waals surface area contributed by atoms with Crippen LogP contribution in [0.1, 0.15) is 20.7 Å². The fraction of sp³-hybridized carbons (Fsp3) is 0.0714. The number of halogens is 1. The van der Waals surface area contributed by atoms with Crippen LogP contribution in [0.2, 0.25) is 0 Å². The number of pyridine rings is 1. The number of hydrogen-bond donors (Lipinski definition) is 4. The van der Waals surface area contributed by atoms with Gasteiger partial charge in [-0.2, -0.15) is 0 Å². The number of carboxylic acid groups (broad SMARTS) is 2. The van der Waals surface area contributed by atoms with Gasteiger partial charge in [0.2, 0.25) is 6.79 Å². The van der Waals surface area contributed by atoms with Gasteiger partial charge in [-0.15, -0.1) is 0 Å². The molecule has 1 aliphatic rings. The van der Waals surface area contributed by atoms with Crippen molar-refractivity contribution >= 4 is 33.7 Å². The van der Waals surface area contributed by atoms with Crippen molar-refractivity contribution in [2.24, 2.45) is 0 Å². The highest BCUT2D eigenvalue weighted by molar-refractivity contribution is 9.10. The van der Waals surface area contributed by atoms with Gasteiger partial charge < -0.3 is 30.4 Å². The van der Waals surface area contributed by atoms with Crippen LogP contribution in [-0.2, 0) is 0 Å². The first kappa shape index (κ1) is 15.9. The van der Waals surface area contributed by atoms with E-state index in [9.17, 15) is 24.6 Å². The largest absolute Gasteiger partial charge is 0.478 e. The maximum absolute atomic E-state index is 12.0. The molecule has 0 aliphatic carbocycles. The van der Waals surface area contributed by atoms with E-state index in [1.807, 2.05) is 4.98 Å². The summed E-state index contributed by atoms with van der Waals surface area (Å²) >= 11 is 3.24. The fourth-order valence-electron chi connectivity index (χ4n) is 2.45. The Morgan fingerprint density at radius 3 is 2.46 bits per heavy atom. The van der Waals surface area contributed by atoms with Crippen molar-refractivity contribution in [3.63, 3.8) is 0 Å². The molecule has 1 aliphatic heterocycles. The topological polar surface area (TPSA) is 152 Å². The molecule has 0 unspecified atom stereocenters. The van der Waals surface area contributed by atoms with Crippen LogP contribution in [0.5, 0.6) is 11.5 Å². The van der Waals surface area contributed by atoms with E-state index in [0.29, 0.717) is 10.2 Å². The number of ether oxygens (including phenoxy) is 2. The van der Waals surface area contributed by atoms with E-state index in [-0.39, 0.29) is 23.7 Å². The molecule has 24 heavy (non-hydrogen) atoms. The molecule has 0 saturated heterocycles. The standard InChI is InChI=1S/C14H9BrN2O7/c15-5-1-4(2-6-10(5)24-3-23-6)7-8(13(19)20)11(16)17-12(18)9(7)14(21)22/h1-2H,3H2,(H,19,20)(H,21,22)(H3,16,17,18). The molecule has 124 valence electrons. The van der Waals surface area contributed by atoms with Crippen LogP contribution >= 0.6 is 15.9 Å².